The monoisotopic (exact) mass is 375 g/mol. The summed E-state index contributed by atoms with van der Waals surface area (Å²) in [6.45, 7) is 8.23. The SMILES string of the molecule is CC1(C)OB(c2[nH]c3cc(C(=O)O)sc3c2C2CCCCC2)OC1(C)C. The summed E-state index contributed by atoms with van der Waals surface area (Å²) in [5, 5.41) is 9.37. The number of aromatic nitrogens is 1. The van der Waals surface area contributed by atoms with Crippen molar-refractivity contribution in [2.75, 3.05) is 0 Å². The highest BCUT2D eigenvalue weighted by molar-refractivity contribution is 7.21. The number of aromatic amines is 1. The zero-order valence-corrected chi connectivity index (χ0v) is 16.7. The van der Waals surface area contributed by atoms with Crippen molar-refractivity contribution in [3.63, 3.8) is 0 Å². The molecule has 0 atom stereocenters. The average Bonchev–Trinajstić information content (AvgIpc) is 3.17. The van der Waals surface area contributed by atoms with Gasteiger partial charge in [0.2, 0.25) is 0 Å². The minimum atomic E-state index is -0.869. The van der Waals surface area contributed by atoms with E-state index in [0.29, 0.717) is 10.8 Å². The van der Waals surface area contributed by atoms with Crippen LogP contribution in [0.1, 0.15) is 81.0 Å². The zero-order chi connectivity index (χ0) is 18.7. The summed E-state index contributed by atoms with van der Waals surface area (Å²) in [5.74, 6) is -0.432. The first-order valence-corrected chi connectivity index (χ1v) is 10.3. The number of H-pyrrole nitrogens is 1. The van der Waals surface area contributed by atoms with Crippen LogP contribution in [0.5, 0.6) is 0 Å². The van der Waals surface area contributed by atoms with Crippen molar-refractivity contribution < 1.29 is 19.2 Å². The Balaban J connectivity index is 1.81. The van der Waals surface area contributed by atoms with Gasteiger partial charge in [-0.15, -0.1) is 11.3 Å². The summed E-state index contributed by atoms with van der Waals surface area (Å²) < 4.78 is 13.6. The lowest BCUT2D eigenvalue weighted by atomic mass is 9.75. The molecule has 2 aliphatic rings. The second-order valence-corrected chi connectivity index (χ2v) is 9.59. The molecule has 0 unspecified atom stereocenters. The third-order valence-corrected chi connectivity index (χ3v) is 7.41. The molecule has 3 heterocycles. The molecular weight excluding hydrogens is 349 g/mol. The Morgan fingerprint density at radius 2 is 1.81 bits per heavy atom. The number of rotatable bonds is 3. The first-order valence-electron chi connectivity index (χ1n) is 9.44. The van der Waals surface area contributed by atoms with Gasteiger partial charge in [-0.2, -0.15) is 0 Å². The second-order valence-electron chi connectivity index (χ2n) is 8.53. The van der Waals surface area contributed by atoms with Crippen LogP contribution in [0.4, 0.5) is 0 Å². The molecule has 0 amide bonds. The summed E-state index contributed by atoms with van der Waals surface area (Å²) in [5.41, 5.74) is 2.29. The smallest absolute Gasteiger partial charge is 0.477 e. The molecule has 0 aromatic carbocycles. The standard InChI is InChI=1S/C19H26BNO4S/c1-18(2)19(3,4)25-20(24-18)16-14(11-8-6-5-7-9-11)15-12(21-16)10-13(26-15)17(22)23/h10-11,21H,5-9H2,1-4H3,(H,22,23). The Labute approximate surface area is 158 Å². The quantitative estimate of drug-likeness (QED) is 0.786. The van der Waals surface area contributed by atoms with E-state index in [0.717, 1.165) is 28.7 Å². The first-order chi connectivity index (χ1) is 12.2. The fraction of sp³-hybridized carbons (Fsp3) is 0.632. The molecular formula is C19H26BNO4S. The third-order valence-electron chi connectivity index (χ3n) is 6.25. The largest absolute Gasteiger partial charge is 0.512 e. The van der Waals surface area contributed by atoms with Gasteiger partial charge in [0.1, 0.15) is 4.88 Å². The lowest BCUT2D eigenvalue weighted by Gasteiger charge is -2.32. The molecule has 0 bridgehead atoms. The van der Waals surface area contributed by atoms with E-state index in [1.807, 2.05) is 0 Å². The van der Waals surface area contributed by atoms with Crippen molar-refractivity contribution in [1.29, 1.82) is 0 Å². The van der Waals surface area contributed by atoms with Crippen LogP contribution in [0, 0.1) is 0 Å². The van der Waals surface area contributed by atoms with Crippen molar-refractivity contribution >= 4 is 40.2 Å². The van der Waals surface area contributed by atoms with Crippen LogP contribution in [-0.2, 0) is 9.31 Å². The Kier molecular flexibility index (Phi) is 4.25. The maximum absolute atomic E-state index is 11.4. The molecule has 4 rings (SSSR count). The summed E-state index contributed by atoms with van der Waals surface area (Å²) in [6.07, 6.45) is 5.99. The Morgan fingerprint density at radius 1 is 1.19 bits per heavy atom. The van der Waals surface area contributed by atoms with Gasteiger partial charge in [0.05, 0.1) is 27.0 Å². The van der Waals surface area contributed by atoms with Gasteiger partial charge in [-0.25, -0.2) is 4.79 Å². The van der Waals surface area contributed by atoms with E-state index in [2.05, 4.69) is 32.7 Å². The molecule has 1 saturated heterocycles. The van der Waals surface area contributed by atoms with Gasteiger partial charge in [-0.3, -0.25) is 0 Å². The van der Waals surface area contributed by atoms with Gasteiger partial charge in [-0.05, 0) is 58.1 Å². The van der Waals surface area contributed by atoms with Crippen LogP contribution in [0.15, 0.2) is 6.07 Å². The van der Waals surface area contributed by atoms with Crippen LogP contribution >= 0.6 is 11.3 Å². The molecule has 140 valence electrons. The fourth-order valence-electron chi connectivity index (χ4n) is 4.07. The van der Waals surface area contributed by atoms with Crippen molar-refractivity contribution in [2.45, 2.75) is 76.9 Å². The van der Waals surface area contributed by atoms with Crippen LogP contribution in [-0.4, -0.2) is 34.4 Å². The van der Waals surface area contributed by atoms with E-state index in [9.17, 15) is 9.90 Å². The Hall–Kier alpha value is -1.31. The minimum Gasteiger partial charge on any atom is -0.477 e. The first kappa shape index (κ1) is 18.1. The minimum absolute atomic E-state index is 0.378. The van der Waals surface area contributed by atoms with Gasteiger partial charge in [0.25, 0.3) is 0 Å². The molecule has 26 heavy (non-hydrogen) atoms. The van der Waals surface area contributed by atoms with Gasteiger partial charge in [0, 0.05) is 0 Å². The van der Waals surface area contributed by atoms with E-state index < -0.39 is 24.3 Å². The molecule has 1 saturated carbocycles. The number of hydrogen-bond acceptors (Lipinski definition) is 4. The van der Waals surface area contributed by atoms with Crippen LogP contribution in [0.2, 0.25) is 0 Å². The maximum Gasteiger partial charge on any atom is 0.512 e. The number of fused-ring (bicyclic) bond motifs is 1. The zero-order valence-electron chi connectivity index (χ0n) is 15.8. The molecule has 2 aromatic heterocycles. The van der Waals surface area contributed by atoms with E-state index in [-0.39, 0.29) is 0 Å². The van der Waals surface area contributed by atoms with Crippen LogP contribution in [0.25, 0.3) is 10.2 Å². The summed E-state index contributed by atoms with van der Waals surface area (Å²) in [7, 11) is -0.440. The predicted molar refractivity (Wildman–Crippen MR) is 105 cm³/mol. The summed E-state index contributed by atoms with van der Waals surface area (Å²) in [6, 6.07) is 1.74. The van der Waals surface area contributed by atoms with Crippen molar-refractivity contribution in [2.24, 2.45) is 0 Å². The van der Waals surface area contributed by atoms with Crippen molar-refractivity contribution in [3.05, 3.63) is 16.5 Å². The molecule has 2 N–H and O–H groups in total. The van der Waals surface area contributed by atoms with Crippen molar-refractivity contribution in [1.82, 2.24) is 4.98 Å². The fourth-order valence-corrected chi connectivity index (χ4v) is 5.16. The number of thiophene rings is 1. The third kappa shape index (κ3) is 2.81. The Morgan fingerprint density at radius 3 is 2.38 bits per heavy atom. The van der Waals surface area contributed by atoms with E-state index in [4.69, 9.17) is 9.31 Å². The topological polar surface area (TPSA) is 71.6 Å². The molecule has 0 spiro atoms. The second kappa shape index (κ2) is 6.11. The molecule has 2 aromatic rings. The predicted octanol–water partition coefficient (Wildman–Crippen LogP) is 4.27. The summed E-state index contributed by atoms with van der Waals surface area (Å²) in [4.78, 5) is 15.2. The van der Waals surface area contributed by atoms with Crippen molar-refractivity contribution in [3.8, 4) is 0 Å². The number of carbonyl (C=O) groups is 1. The number of carboxylic acids is 1. The average molecular weight is 375 g/mol. The maximum atomic E-state index is 11.4. The Bertz CT molecular complexity index is 831. The molecule has 1 aliphatic carbocycles. The highest BCUT2D eigenvalue weighted by Crippen LogP contribution is 2.42. The van der Waals surface area contributed by atoms with Crippen LogP contribution in [0.3, 0.4) is 0 Å². The molecule has 5 nitrogen and oxygen atoms in total. The molecule has 2 fully saturated rings. The molecule has 0 radical (unpaired) electrons. The number of carboxylic acid groups (broad SMARTS) is 1. The molecule has 7 heteroatoms. The number of aromatic carboxylic acids is 1. The highest BCUT2D eigenvalue weighted by atomic mass is 32.1. The van der Waals surface area contributed by atoms with Crippen LogP contribution < -0.4 is 5.59 Å². The molecule has 1 aliphatic heterocycles. The van der Waals surface area contributed by atoms with Gasteiger partial charge < -0.3 is 19.4 Å². The lowest BCUT2D eigenvalue weighted by Crippen LogP contribution is -2.41. The van der Waals surface area contributed by atoms with Gasteiger partial charge >= 0.3 is 13.1 Å². The number of hydrogen-bond donors (Lipinski definition) is 2. The normalized spacial score (nSPS) is 23.0. The van der Waals surface area contributed by atoms with E-state index in [1.165, 1.54) is 36.2 Å². The number of nitrogens with one attached hydrogen (secondary N) is 1. The van der Waals surface area contributed by atoms with Gasteiger partial charge in [-0.1, -0.05) is 19.3 Å². The highest BCUT2D eigenvalue weighted by Gasteiger charge is 2.53. The van der Waals surface area contributed by atoms with Gasteiger partial charge in [0.15, 0.2) is 0 Å². The summed E-state index contributed by atoms with van der Waals surface area (Å²) >= 11 is 1.36. The van der Waals surface area contributed by atoms with E-state index >= 15 is 0 Å². The van der Waals surface area contributed by atoms with E-state index in [1.54, 1.807) is 6.07 Å². The lowest BCUT2D eigenvalue weighted by molar-refractivity contribution is 0.00578.